The van der Waals surface area contributed by atoms with Crippen LogP contribution in [0.15, 0.2) is 0 Å². The monoisotopic (exact) mass is 232 g/mol. The summed E-state index contributed by atoms with van der Waals surface area (Å²) in [7, 11) is 0. The van der Waals surface area contributed by atoms with Gasteiger partial charge in [0, 0.05) is 6.54 Å². The highest BCUT2D eigenvalue weighted by Crippen LogP contribution is 2.22. The number of hydrogen-bond acceptors (Lipinski definition) is 5. The van der Waals surface area contributed by atoms with E-state index in [-0.39, 0.29) is 13.2 Å². The number of amides is 1. The minimum atomic E-state index is -1.16. The molecule has 1 fully saturated rings. The molecular formula is C9H16N2O5. The van der Waals surface area contributed by atoms with Gasteiger partial charge in [-0.25, -0.2) is 0 Å². The summed E-state index contributed by atoms with van der Waals surface area (Å²) < 4.78 is 10.5. The van der Waals surface area contributed by atoms with Gasteiger partial charge < -0.3 is 25.6 Å². The second kappa shape index (κ2) is 4.77. The number of carbonyl (C=O) groups excluding carboxylic acids is 1. The molecular weight excluding hydrogens is 216 g/mol. The van der Waals surface area contributed by atoms with Crippen LogP contribution in [0, 0.1) is 0 Å². The molecule has 0 saturated carbocycles. The number of aliphatic carboxylic acids is 1. The van der Waals surface area contributed by atoms with Crippen molar-refractivity contribution in [2.24, 2.45) is 5.73 Å². The number of hydrogen-bond donors (Lipinski definition) is 3. The molecule has 1 rings (SSSR count). The molecule has 92 valence electrons. The number of rotatable bonds is 4. The summed E-state index contributed by atoms with van der Waals surface area (Å²) in [5.74, 6) is -2.36. The van der Waals surface area contributed by atoms with Crippen LogP contribution in [-0.2, 0) is 19.1 Å². The number of ether oxygens (including phenoxy) is 2. The Morgan fingerprint density at radius 2 is 2.25 bits per heavy atom. The Bertz CT molecular complexity index is 292. The van der Waals surface area contributed by atoms with Crippen molar-refractivity contribution in [1.82, 2.24) is 5.32 Å². The molecule has 1 saturated heterocycles. The zero-order valence-corrected chi connectivity index (χ0v) is 9.23. The fraction of sp³-hybridized carbons (Fsp3) is 0.778. The van der Waals surface area contributed by atoms with Crippen LogP contribution in [0.25, 0.3) is 0 Å². The first kappa shape index (κ1) is 12.9. The average Bonchev–Trinajstić information content (AvgIpc) is 2.54. The van der Waals surface area contributed by atoms with Crippen molar-refractivity contribution in [3.63, 3.8) is 0 Å². The second-order valence-corrected chi connectivity index (χ2v) is 4.01. The van der Waals surface area contributed by atoms with E-state index >= 15 is 0 Å². The van der Waals surface area contributed by atoms with E-state index < -0.39 is 29.8 Å². The van der Waals surface area contributed by atoms with Crippen molar-refractivity contribution in [2.75, 3.05) is 13.2 Å². The molecule has 0 bridgehead atoms. The van der Waals surface area contributed by atoms with E-state index in [2.05, 4.69) is 5.32 Å². The van der Waals surface area contributed by atoms with Crippen molar-refractivity contribution >= 4 is 11.9 Å². The van der Waals surface area contributed by atoms with Crippen LogP contribution in [0.4, 0.5) is 0 Å². The van der Waals surface area contributed by atoms with Crippen molar-refractivity contribution in [3.05, 3.63) is 0 Å². The molecule has 0 aromatic heterocycles. The fourth-order valence-corrected chi connectivity index (χ4v) is 1.23. The molecule has 1 aliphatic rings. The molecule has 0 spiro atoms. The normalized spacial score (nSPS) is 25.1. The van der Waals surface area contributed by atoms with E-state index in [4.69, 9.17) is 20.3 Å². The van der Waals surface area contributed by atoms with Gasteiger partial charge in [0.15, 0.2) is 11.9 Å². The molecule has 1 unspecified atom stereocenters. The summed E-state index contributed by atoms with van der Waals surface area (Å²) >= 11 is 0. The molecule has 7 nitrogen and oxygen atoms in total. The highest BCUT2D eigenvalue weighted by Gasteiger charge is 2.36. The Kier molecular flexibility index (Phi) is 3.84. The second-order valence-electron chi connectivity index (χ2n) is 4.01. The highest BCUT2D eigenvalue weighted by atomic mass is 16.7. The van der Waals surface area contributed by atoms with Gasteiger partial charge in [0.25, 0.3) is 5.91 Å². The van der Waals surface area contributed by atoms with Crippen molar-refractivity contribution in [2.45, 2.75) is 31.8 Å². The Morgan fingerprint density at radius 1 is 1.62 bits per heavy atom. The molecule has 16 heavy (non-hydrogen) atoms. The standard InChI is InChI=1S/C9H16N2O5/c1-9(2)15-4-6(16-9)7(12)11-3-5(10)8(13)14/h5-6H,3-4,10H2,1-2H3,(H,11,12)(H,13,14)/t5-,6?/m0/s1. The first-order valence-electron chi connectivity index (χ1n) is 4.90. The van der Waals surface area contributed by atoms with Crippen LogP contribution >= 0.6 is 0 Å². The number of carboxylic acid groups (broad SMARTS) is 1. The van der Waals surface area contributed by atoms with E-state index in [1.807, 2.05) is 0 Å². The first-order chi connectivity index (χ1) is 7.32. The van der Waals surface area contributed by atoms with Crippen LogP contribution in [0.5, 0.6) is 0 Å². The largest absolute Gasteiger partial charge is 0.480 e. The third-order valence-corrected chi connectivity index (χ3v) is 2.11. The van der Waals surface area contributed by atoms with Crippen LogP contribution < -0.4 is 11.1 Å². The summed E-state index contributed by atoms with van der Waals surface area (Å²) in [5.41, 5.74) is 5.23. The SMILES string of the molecule is CC1(C)OCC(C(=O)NC[C@H](N)C(=O)O)O1. The average molecular weight is 232 g/mol. The molecule has 1 heterocycles. The molecule has 4 N–H and O–H groups in total. The van der Waals surface area contributed by atoms with Crippen molar-refractivity contribution < 1.29 is 24.2 Å². The lowest BCUT2D eigenvalue weighted by atomic mass is 10.3. The van der Waals surface area contributed by atoms with Gasteiger partial charge in [-0.1, -0.05) is 0 Å². The lowest BCUT2D eigenvalue weighted by Gasteiger charge is -2.17. The van der Waals surface area contributed by atoms with E-state index in [1.54, 1.807) is 13.8 Å². The molecule has 0 aromatic carbocycles. The van der Waals surface area contributed by atoms with Gasteiger partial charge in [0.05, 0.1) is 6.61 Å². The smallest absolute Gasteiger partial charge is 0.322 e. The van der Waals surface area contributed by atoms with E-state index in [9.17, 15) is 9.59 Å². The van der Waals surface area contributed by atoms with Gasteiger partial charge >= 0.3 is 5.97 Å². The van der Waals surface area contributed by atoms with Crippen LogP contribution in [0.3, 0.4) is 0 Å². The summed E-state index contributed by atoms with van der Waals surface area (Å²) in [6, 6.07) is -1.11. The predicted octanol–water partition coefficient (Wildman–Crippen LogP) is -1.33. The van der Waals surface area contributed by atoms with E-state index in [0.29, 0.717) is 0 Å². The number of nitrogens with two attached hydrogens (primary N) is 1. The number of nitrogens with one attached hydrogen (secondary N) is 1. The molecule has 1 amide bonds. The quantitative estimate of drug-likeness (QED) is 0.553. The molecule has 0 aromatic rings. The maximum Gasteiger partial charge on any atom is 0.322 e. The van der Waals surface area contributed by atoms with Crippen LogP contribution in [-0.4, -0.2) is 48.1 Å². The van der Waals surface area contributed by atoms with Gasteiger partial charge in [-0.3, -0.25) is 9.59 Å². The minimum Gasteiger partial charge on any atom is -0.480 e. The molecule has 7 heteroatoms. The minimum absolute atomic E-state index is 0.131. The Balaban J connectivity index is 2.34. The van der Waals surface area contributed by atoms with Crippen LogP contribution in [0.1, 0.15) is 13.8 Å². The fourth-order valence-electron chi connectivity index (χ4n) is 1.23. The maximum atomic E-state index is 11.5. The third-order valence-electron chi connectivity index (χ3n) is 2.11. The zero-order valence-electron chi connectivity index (χ0n) is 9.23. The van der Waals surface area contributed by atoms with Crippen molar-refractivity contribution in [1.29, 1.82) is 0 Å². The molecule has 0 radical (unpaired) electrons. The maximum absolute atomic E-state index is 11.5. The zero-order chi connectivity index (χ0) is 12.3. The Morgan fingerprint density at radius 3 is 2.69 bits per heavy atom. The van der Waals surface area contributed by atoms with Gasteiger partial charge in [-0.2, -0.15) is 0 Å². The predicted molar refractivity (Wildman–Crippen MR) is 53.5 cm³/mol. The van der Waals surface area contributed by atoms with Crippen LogP contribution in [0.2, 0.25) is 0 Å². The highest BCUT2D eigenvalue weighted by molar-refractivity contribution is 5.82. The van der Waals surface area contributed by atoms with E-state index in [1.165, 1.54) is 0 Å². The summed E-state index contributed by atoms with van der Waals surface area (Å²) in [5, 5.41) is 10.9. The van der Waals surface area contributed by atoms with Crippen molar-refractivity contribution in [3.8, 4) is 0 Å². The Labute approximate surface area is 92.9 Å². The van der Waals surface area contributed by atoms with E-state index in [0.717, 1.165) is 0 Å². The topological polar surface area (TPSA) is 111 Å². The van der Waals surface area contributed by atoms with Gasteiger partial charge in [-0.05, 0) is 13.8 Å². The Hall–Kier alpha value is -1.18. The number of carboxylic acids is 1. The summed E-state index contributed by atoms with van der Waals surface area (Å²) in [6.07, 6.45) is -0.712. The summed E-state index contributed by atoms with van der Waals surface area (Å²) in [4.78, 5) is 21.9. The summed E-state index contributed by atoms with van der Waals surface area (Å²) in [6.45, 7) is 3.42. The molecule has 2 atom stereocenters. The van der Waals surface area contributed by atoms with Gasteiger partial charge in [0.1, 0.15) is 6.04 Å². The lowest BCUT2D eigenvalue weighted by molar-refractivity contribution is -0.153. The third kappa shape index (κ3) is 3.44. The molecule has 1 aliphatic heterocycles. The lowest BCUT2D eigenvalue weighted by Crippen LogP contribution is -2.46. The van der Waals surface area contributed by atoms with Gasteiger partial charge in [-0.15, -0.1) is 0 Å². The number of carbonyl (C=O) groups is 2. The first-order valence-corrected chi connectivity index (χ1v) is 4.90. The molecule has 0 aliphatic carbocycles. The van der Waals surface area contributed by atoms with Gasteiger partial charge in [0.2, 0.25) is 0 Å².